The maximum atomic E-state index is 11.0. The minimum absolute atomic E-state index is 0.0740. The Bertz CT molecular complexity index is 187. The van der Waals surface area contributed by atoms with E-state index in [0.29, 0.717) is 0 Å². The lowest BCUT2D eigenvalue weighted by Crippen LogP contribution is -2.33. The first kappa shape index (κ1) is 10.9. The number of nitrogens with one attached hydrogen (secondary N) is 1. The summed E-state index contributed by atoms with van der Waals surface area (Å²) in [7, 11) is -2.99. The minimum Gasteiger partial charge on any atom is -0.212 e. The van der Waals surface area contributed by atoms with Gasteiger partial charge in [-0.15, -0.1) is 0 Å². The molecule has 0 spiro atoms. The van der Waals surface area contributed by atoms with E-state index in [1.807, 2.05) is 13.8 Å². The molecule has 0 aromatic carbocycles. The van der Waals surface area contributed by atoms with Crippen LogP contribution < -0.4 is 4.72 Å². The predicted octanol–water partition coefficient (Wildman–Crippen LogP) is 1.11. The second kappa shape index (κ2) is 4.72. The quantitative estimate of drug-likeness (QED) is 0.687. The van der Waals surface area contributed by atoms with Gasteiger partial charge in [0.2, 0.25) is 10.0 Å². The van der Waals surface area contributed by atoms with Gasteiger partial charge in [-0.05, 0) is 20.3 Å². The van der Waals surface area contributed by atoms with Crippen LogP contribution >= 0.6 is 0 Å². The molecular formula is C7H17NO2S. The summed E-state index contributed by atoms with van der Waals surface area (Å²) in [6, 6.07) is 0.0740. The summed E-state index contributed by atoms with van der Waals surface area (Å²) in [5.74, 6) is 0.168. The standard InChI is InChI=1S/C7H17NO2S/c1-4-6-7(3)8-11(9,10)5-2/h7-8H,4-6H2,1-3H3/t7-/m0/s1. The SMILES string of the molecule is CCC[C@H](C)NS(=O)(=O)CC. The summed E-state index contributed by atoms with van der Waals surface area (Å²) in [5.41, 5.74) is 0. The number of hydrogen-bond acceptors (Lipinski definition) is 2. The van der Waals surface area contributed by atoms with Crippen LogP contribution in [0.15, 0.2) is 0 Å². The van der Waals surface area contributed by atoms with E-state index in [-0.39, 0.29) is 11.8 Å². The van der Waals surface area contributed by atoms with Gasteiger partial charge in [0.15, 0.2) is 0 Å². The van der Waals surface area contributed by atoms with Crippen LogP contribution in [0.4, 0.5) is 0 Å². The Morgan fingerprint density at radius 1 is 1.36 bits per heavy atom. The van der Waals surface area contributed by atoms with Gasteiger partial charge in [0.25, 0.3) is 0 Å². The van der Waals surface area contributed by atoms with Crippen molar-refractivity contribution in [2.24, 2.45) is 0 Å². The fraction of sp³-hybridized carbons (Fsp3) is 1.00. The highest BCUT2D eigenvalue weighted by Gasteiger charge is 2.09. The van der Waals surface area contributed by atoms with Crippen molar-refractivity contribution in [2.45, 2.75) is 39.7 Å². The molecule has 0 fully saturated rings. The van der Waals surface area contributed by atoms with Crippen molar-refractivity contribution in [1.29, 1.82) is 0 Å². The van der Waals surface area contributed by atoms with E-state index in [4.69, 9.17) is 0 Å². The summed E-state index contributed by atoms with van der Waals surface area (Å²) >= 11 is 0. The Kier molecular flexibility index (Phi) is 4.68. The number of hydrogen-bond donors (Lipinski definition) is 1. The first-order valence-electron chi connectivity index (χ1n) is 4.01. The van der Waals surface area contributed by atoms with Crippen LogP contribution in [0.25, 0.3) is 0 Å². The lowest BCUT2D eigenvalue weighted by molar-refractivity contribution is 0.545. The molecule has 0 aliphatic heterocycles. The maximum absolute atomic E-state index is 11.0. The highest BCUT2D eigenvalue weighted by molar-refractivity contribution is 7.89. The van der Waals surface area contributed by atoms with E-state index in [9.17, 15) is 8.42 Å². The van der Waals surface area contributed by atoms with Gasteiger partial charge < -0.3 is 0 Å². The molecule has 0 heterocycles. The van der Waals surface area contributed by atoms with Crippen molar-refractivity contribution >= 4 is 10.0 Å². The molecule has 1 atom stereocenters. The van der Waals surface area contributed by atoms with E-state index >= 15 is 0 Å². The second-order valence-corrected chi connectivity index (χ2v) is 4.75. The summed E-state index contributed by atoms with van der Waals surface area (Å²) in [5, 5.41) is 0. The Balaban J connectivity index is 3.84. The molecule has 68 valence electrons. The summed E-state index contributed by atoms with van der Waals surface area (Å²) in [6.45, 7) is 5.56. The Morgan fingerprint density at radius 3 is 2.27 bits per heavy atom. The first-order chi connectivity index (χ1) is 5.02. The van der Waals surface area contributed by atoms with Crippen molar-refractivity contribution < 1.29 is 8.42 Å². The average Bonchev–Trinajstić information content (AvgIpc) is 1.87. The molecule has 3 nitrogen and oxygen atoms in total. The van der Waals surface area contributed by atoms with Gasteiger partial charge in [0, 0.05) is 6.04 Å². The Labute approximate surface area is 69.2 Å². The third-order valence-corrected chi connectivity index (χ3v) is 3.00. The zero-order chi connectivity index (χ0) is 8.91. The van der Waals surface area contributed by atoms with Crippen molar-refractivity contribution in [2.75, 3.05) is 5.75 Å². The van der Waals surface area contributed by atoms with E-state index in [1.165, 1.54) is 0 Å². The molecule has 0 radical (unpaired) electrons. The van der Waals surface area contributed by atoms with Gasteiger partial charge >= 0.3 is 0 Å². The lowest BCUT2D eigenvalue weighted by Gasteiger charge is -2.11. The molecule has 0 saturated heterocycles. The van der Waals surface area contributed by atoms with E-state index < -0.39 is 10.0 Å². The number of sulfonamides is 1. The van der Waals surface area contributed by atoms with Crippen LogP contribution in [-0.4, -0.2) is 20.2 Å². The molecule has 0 unspecified atom stereocenters. The smallest absolute Gasteiger partial charge is 0.211 e. The van der Waals surface area contributed by atoms with Gasteiger partial charge in [-0.2, -0.15) is 0 Å². The first-order valence-corrected chi connectivity index (χ1v) is 5.67. The lowest BCUT2D eigenvalue weighted by atomic mass is 10.2. The van der Waals surface area contributed by atoms with Crippen LogP contribution in [0.1, 0.15) is 33.6 Å². The Morgan fingerprint density at radius 2 is 1.91 bits per heavy atom. The summed E-state index contributed by atoms with van der Waals surface area (Å²) in [6.07, 6.45) is 1.91. The van der Waals surface area contributed by atoms with Gasteiger partial charge in [-0.25, -0.2) is 13.1 Å². The Hall–Kier alpha value is -0.0900. The topological polar surface area (TPSA) is 46.2 Å². The average molecular weight is 179 g/mol. The monoisotopic (exact) mass is 179 g/mol. The van der Waals surface area contributed by atoms with Crippen LogP contribution in [0.3, 0.4) is 0 Å². The summed E-state index contributed by atoms with van der Waals surface area (Å²) in [4.78, 5) is 0. The van der Waals surface area contributed by atoms with E-state index in [1.54, 1.807) is 6.92 Å². The molecule has 0 rings (SSSR count). The molecule has 0 saturated carbocycles. The third-order valence-electron chi connectivity index (χ3n) is 1.48. The van der Waals surface area contributed by atoms with Crippen LogP contribution in [0.2, 0.25) is 0 Å². The fourth-order valence-corrected chi connectivity index (χ4v) is 1.78. The fourth-order valence-electron chi connectivity index (χ4n) is 0.882. The zero-order valence-electron chi connectivity index (χ0n) is 7.42. The highest BCUT2D eigenvalue weighted by atomic mass is 32.2. The maximum Gasteiger partial charge on any atom is 0.211 e. The zero-order valence-corrected chi connectivity index (χ0v) is 8.24. The van der Waals surface area contributed by atoms with Gasteiger partial charge in [-0.3, -0.25) is 0 Å². The molecule has 1 N–H and O–H groups in total. The molecule has 0 aliphatic rings. The molecular weight excluding hydrogens is 162 g/mol. The van der Waals surface area contributed by atoms with Crippen molar-refractivity contribution in [3.8, 4) is 0 Å². The second-order valence-electron chi connectivity index (χ2n) is 2.71. The number of rotatable bonds is 5. The molecule has 0 bridgehead atoms. The van der Waals surface area contributed by atoms with Crippen LogP contribution in [-0.2, 0) is 10.0 Å². The predicted molar refractivity (Wildman–Crippen MR) is 47.0 cm³/mol. The third kappa shape index (κ3) is 5.21. The van der Waals surface area contributed by atoms with Crippen molar-refractivity contribution in [3.05, 3.63) is 0 Å². The highest BCUT2D eigenvalue weighted by Crippen LogP contribution is 1.97. The van der Waals surface area contributed by atoms with E-state index in [0.717, 1.165) is 12.8 Å². The van der Waals surface area contributed by atoms with Crippen LogP contribution in [0.5, 0.6) is 0 Å². The molecule has 0 amide bonds. The minimum atomic E-state index is -2.99. The largest absolute Gasteiger partial charge is 0.212 e. The molecule has 0 aromatic heterocycles. The van der Waals surface area contributed by atoms with Crippen molar-refractivity contribution in [1.82, 2.24) is 4.72 Å². The molecule has 4 heteroatoms. The van der Waals surface area contributed by atoms with Gasteiger partial charge in [-0.1, -0.05) is 13.3 Å². The normalized spacial score (nSPS) is 14.8. The van der Waals surface area contributed by atoms with Crippen LogP contribution in [0, 0.1) is 0 Å². The molecule has 0 aromatic rings. The summed E-state index contributed by atoms with van der Waals surface area (Å²) < 4.78 is 24.5. The van der Waals surface area contributed by atoms with Gasteiger partial charge in [0.05, 0.1) is 5.75 Å². The molecule has 11 heavy (non-hydrogen) atoms. The van der Waals surface area contributed by atoms with E-state index in [2.05, 4.69) is 4.72 Å². The van der Waals surface area contributed by atoms with Crippen molar-refractivity contribution in [3.63, 3.8) is 0 Å². The van der Waals surface area contributed by atoms with Gasteiger partial charge in [0.1, 0.15) is 0 Å². The molecule has 0 aliphatic carbocycles.